The Hall–Kier alpha value is -4.53. The molecule has 0 fully saturated rings. The molecule has 37 heavy (non-hydrogen) atoms. The molecular weight excluding hydrogens is 470 g/mol. The molecule has 0 atom stereocenters. The maximum atomic E-state index is 13.1. The van der Waals surface area contributed by atoms with Crippen molar-refractivity contribution in [3.63, 3.8) is 0 Å². The van der Waals surface area contributed by atoms with Crippen LogP contribution < -0.4 is 5.32 Å². The van der Waals surface area contributed by atoms with Crippen LogP contribution in [0.15, 0.2) is 60.8 Å². The van der Waals surface area contributed by atoms with Gasteiger partial charge in [0, 0.05) is 24.8 Å². The van der Waals surface area contributed by atoms with Crippen LogP contribution in [0.1, 0.15) is 28.4 Å². The normalized spacial score (nSPS) is 10.8. The number of para-hydroxylation sites is 1. The van der Waals surface area contributed by atoms with E-state index < -0.39 is 18.5 Å². The highest BCUT2D eigenvalue weighted by molar-refractivity contribution is 6.04. The maximum absolute atomic E-state index is 13.1. The fraction of sp³-hybridized carbons (Fsp3) is 0.250. The summed E-state index contributed by atoms with van der Waals surface area (Å²) in [5, 5.41) is 7.71. The van der Waals surface area contributed by atoms with Crippen molar-refractivity contribution >= 4 is 34.5 Å². The average molecular weight is 500 g/mol. The van der Waals surface area contributed by atoms with Crippen molar-refractivity contribution in [2.45, 2.75) is 27.3 Å². The van der Waals surface area contributed by atoms with Crippen molar-refractivity contribution in [2.75, 3.05) is 25.5 Å². The summed E-state index contributed by atoms with van der Waals surface area (Å²) in [4.78, 5) is 44.1. The van der Waals surface area contributed by atoms with Gasteiger partial charge in [0.2, 0.25) is 5.91 Å². The first-order chi connectivity index (χ1) is 17.8. The summed E-state index contributed by atoms with van der Waals surface area (Å²) < 4.78 is 7.06. The first-order valence-electron chi connectivity index (χ1n) is 12.0. The van der Waals surface area contributed by atoms with E-state index >= 15 is 0 Å². The number of carbonyl (C=O) groups is 3. The molecule has 1 N–H and O–H groups in total. The Morgan fingerprint density at radius 3 is 2.41 bits per heavy atom. The van der Waals surface area contributed by atoms with E-state index in [1.807, 2.05) is 69.3 Å². The molecule has 0 radical (unpaired) electrons. The Kier molecular flexibility index (Phi) is 7.62. The highest BCUT2D eigenvalue weighted by Gasteiger charge is 2.21. The van der Waals surface area contributed by atoms with E-state index in [2.05, 4.69) is 10.4 Å². The lowest BCUT2D eigenvalue weighted by Crippen LogP contribution is -2.37. The number of pyridine rings is 1. The molecule has 0 saturated carbocycles. The summed E-state index contributed by atoms with van der Waals surface area (Å²) in [5.74, 6) is -1.50. The third-order valence-corrected chi connectivity index (χ3v) is 6.08. The highest BCUT2D eigenvalue weighted by atomic mass is 16.5. The summed E-state index contributed by atoms with van der Waals surface area (Å²) in [6, 6.07) is 16.8. The van der Waals surface area contributed by atoms with Gasteiger partial charge in [-0.25, -0.2) is 14.5 Å². The number of carbonyl (C=O) groups excluding carboxylic acids is 3. The van der Waals surface area contributed by atoms with Crippen molar-refractivity contribution < 1.29 is 19.1 Å². The molecule has 2 aromatic heterocycles. The van der Waals surface area contributed by atoms with Crippen molar-refractivity contribution in [3.8, 4) is 11.3 Å². The van der Waals surface area contributed by atoms with Crippen LogP contribution in [0.25, 0.3) is 22.3 Å². The smallest absolute Gasteiger partial charge is 0.339 e. The number of rotatable bonds is 8. The molecule has 0 unspecified atom stereocenters. The fourth-order valence-corrected chi connectivity index (χ4v) is 4.01. The number of anilines is 1. The van der Waals surface area contributed by atoms with Crippen LogP contribution in [-0.2, 0) is 20.9 Å². The summed E-state index contributed by atoms with van der Waals surface area (Å²) in [6.07, 6.45) is 1.57. The minimum Gasteiger partial charge on any atom is -0.452 e. The van der Waals surface area contributed by atoms with Crippen molar-refractivity contribution in [3.05, 3.63) is 77.5 Å². The molecule has 9 nitrogen and oxygen atoms in total. The summed E-state index contributed by atoms with van der Waals surface area (Å²) >= 11 is 0. The van der Waals surface area contributed by atoms with Gasteiger partial charge in [-0.05, 0) is 38.0 Å². The van der Waals surface area contributed by atoms with E-state index in [0.29, 0.717) is 23.3 Å². The van der Waals surface area contributed by atoms with Gasteiger partial charge in [0.1, 0.15) is 0 Å². The van der Waals surface area contributed by atoms with E-state index in [1.54, 1.807) is 16.9 Å². The molecule has 4 aromatic rings. The molecule has 2 heterocycles. The number of amides is 2. The third kappa shape index (κ3) is 5.66. The zero-order chi connectivity index (χ0) is 26.5. The second-order valence-corrected chi connectivity index (χ2v) is 8.76. The zero-order valence-corrected chi connectivity index (χ0v) is 21.3. The minimum absolute atomic E-state index is 0.176. The lowest BCUT2D eigenvalue weighted by molar-refractivity contribution is -0.136. The second kappa shape index (κ2) is 11.0. The van der Waals surface area contributed by atoms with E-state index in [-0.39, 0.29) is 18.0 Å². The van der Waals surface area contributed by atoms with Gasteiger partial charge in [0.05, 0.1) is 29.4 Å². The molecule has 9 heteroatoms. The summed E-state index contributed by atoms with van der Waals surface area (Å²) in [7, 11) is 1.49. The molecule has 0 saturated heterocycles. The van der Waals surface area contributed by atoms with Gasteiger partial charge in [-0.3, -0.25) is 9.59 Å². The summed E-state index contributed by atoms with van der Waals surface area (Å²) in [5.41, 5.74) is 4.86. The Labute approximate surface area is 215 Å². The van der Waals surface area contributed by atoms with Gasteiger partial charge in [-0.15, -0.1) is 0 Å². The average Bonchev–Trinajstić information content (AvgIpc) is 3.32. The Morgan fingerprint density at radius 1 is 1.03 bits per heavy atom. The van der Waals surface area contributed by atoms with Crippen molar-refractivity contribution in [1.82, 2.24) is 19.7 Å². The number of esters is 1. The zero-order valence-electron chi connectivity index (χ0n) is 21.3. The van der Waals surface area contributed by atoms with Gasteiger partial charge >= 0.3 is 5.97 Å². The standard InChI is InChI=1S/C28H29N5O4/c1-5-33-27-22(15-29-33)21(14-23(30-27)20-12-7-6-8-13-20)28(36)37-17-25(35)32(4)16-24(34)31-26-18(2)10-9-11-19(26)3/h6-15H,5,16-17H2,1-4H3,(H,31,34). The van der Waals surface area contributed by atoms with Gasteiger partial charge in [0.15, 0.2) is 12.3 Å². The van der Waals surface area contributed by atoms with E-state index in [1.165, 1.54) is 11.9 Å². The topological polar surface area (TPSA) is 106 Å². The maximum Gasteiger partial charge on any atom is 0.339 e. The first kappa shape index (κ1) is 25.6. The third-order valence-electron chi connectivity index (χ3n) is 6.08. The number of hydrogen-bond acceptors (Lipinski definition) is 6. The Bertz CT molecular complexity index is 1440. The molecule has 190 valence electrons. The van der Waals surface area contributed by atoms with E-state index in [9.17, 15) is 14.4 Å². The van der Waals surface area contributed by atoms with E-state index in [4.69, 9.17) is 9.72 Å². The van der Waals surface area contributed by atoms with Crippen LogP contribution >= 0.6 is 0 Å². The molecule has 0 aliphatic heterocycles. The number of hydrogen-bond donors (Lipinski definition) is 1. The molecule has 2 aromatic carbocycles. The lowest BCUT2D eigenvalue weighted by atomic mass is 10.1. The van der Waals surface area contributed by atoms with Crippen LogP contribution in [0.5, 0.6) is 0 Å². The van der Waals surface area contributed by atoms with Crippen LogP contribution in [0, 0.1) is 13.8 Å². The SMILES string of the molecule is CCn1ncc2c(C(=O)OCC(=O)N(C)CC(=O)Nc3c(C)cccc3C)cc(-c3ccccc3)nc21. The van der Waals surface area contributed by atoms with Gasteiger partial charge in [0.25, 0.3) is 5.91 Å². The number of aromatic nitrogens is 3. The quantitative estimate of drug-likeness (QED) is 0.368. The molecule has 0 bridgehead atoms. The van der Waals surface area contributed by atoms with Crippen LogP contribution in [-0.4, -0.2) is 57.6 Å². The van der Waals surface area contributed by atoms with Gasteiger partial charge in [-0.1, -0.05) is 48.5 Å². The molecule has 0 aliphatic rings. The van der Waals surface area contributed by atoms with Crippen molar-refractivity contribution in [2.24, 2.45) is 0 Å². The van der Waals surface area contributed by atoms with Crippen molar-refractivity contribution in [1.29, 1.82) is 0 Å². The van der Waals surface area contributed by atoms with Crippen LogP contribution in [0.2, 0.25) is 0 Å². The second-order valence-electron chi connectivity index (χ2n) is 8.76. The predicted octanol–water partition coefficient (Wildman–Crippen LogP) is 3.99. The minimum atomic E-state index is -0.665. The number of ether oxygens (including phenoxy) is 1. The highest BCUT2D eigenvalue weighted by Crippen LogP contribution is 2.25. The number of fused-ring (bicyclic) bond motifs is 1. The fourth-order valence-electron chi connectivity index (χ4n) is 4.01. The number of likely N-dealkylation sites (N-methyl/N-ethyl adjacent to an activating group) is 1. The van der Waals surface area contributed by atoms with Gasteiger partial charge < -0.3 is 15.0 Å². The molecular formula is C28H29N5O4. The van der Waals surface area contributed by atoms with Crippen LogP contribution in [0.4, 0.5) is 5.69 Å². The van der Waals surface area contributed by atoms with Crippen LogP contribution in [0.3, 0.4) is 0 Å². The molecule has 4 rings (SSSR count). The number of aryl methyl sites for hydroxylation is 3. The Balaban J connectivity index is 1.45. The molecule has 0 aliphatic carbocycles. The Morgan fingerprint density at radius 2 is 1.73 bits per heavy atom. The van der Waals surface area contributed by atoms with Gasteiger partial charge in [-0.2, -0.15) is 5.10 Å². The number of nitrogens with one attached hydrogen (secondary N) is 1. The summed E-state index contributed by atoms with van der Waals surface area (Å²) in [6.45, 7) is 5.65. The number of benzene rings is 2. The largest absolute Gasteiger partial charge is 0.452 e. The van der Waals surface area contributed by atoms with E-state index in [0.717, 1.165) is 22.4 Å². The predicted molar refractivity (Wildman–Crippen MR) is 141 cm³/mol. The molecule has 2 amide bonds. The first-order valence-corrected chi connectivity index (χ1v) is 12.0. The lowest BCUT2D eigenvalue weighted by Gasteiger charge is -2.18. The monoisotopic (exact) mass is 499 g/mol. The number of nitrogens with zero attached hydrogens (tertiary/aromatic N) is 4. The molecule has 0 spiro atoms.